The number of aromatic nitrogens is 4. The molecule has 4 atom stereocenters. The number of amides is 1. The molecule has 1 fully saturated rings. The molecule has 9 nitrogen and oxygen atoms in total. The Kier molecular flexibility index (Phi) is 12.2. The van der Waals surface area contributed by atoms with Crippen LogP contribution in [0.15, 0.2) is 164 Å². The zero-order chi connectivity index (χ0) is 40.7. The van der Waals surface area contributed by atoms with E-state index in [1.54, 1.807) is 12.1 Å². The molecule has 300 valence electrons. The van der Waals surface area contributed by atoms with E-state index in [1.807, 2.05) is 60.9 Å². The predicted molar refractivity (Wildman–Crippen MR) is 235 cm³/mol. The van der Waals surface area contributed by atoms with Crippen LogP contribution in [0.25, 0.3) is 11.2 Å². The summed E-state index contributed by atoms with van der Waals surface area (Å²) in [5.74, 6) is 0.239. The molecule has 0 aliphatic heterocycles. The van der Waals surface area contributed by atoms with Crippen molar-refractivity contribution in [1.82, 2.24) is 19.5 Å². The van der Waals surface area contributed by atoms with Crippen LogP contribution in [0.3, 0.4) is 0 Å². The van der Waals surface area contributed by atoms with Crippen molar-refractivity contribution in [3.8, 4) is 0 Å². The molecule has 0 bridgehead atoms. The summed E-state index contributed by atoms with van der Waals surface area (Å²) in [5, 5.41) is 5.24. The normalized spacial score (nSPS) is 18.0. The highest BCUT2D eigenvalue weighted by Gasteiger charge is 2.55. The van der Waals surface area contributed by atoms with Crippen molar-refractivity contribution in [1.29, 1.82) is 0 Å². The number of hydrogen-bond acceptors (Lipinski definition) is 7. The zero-order valence-electron chi connectivity index (χ0n) is 33.9. The number of anilines is 1. The van der Waals surface area contributed by atoms with Crippen molar-refractivity contribution in [2.24, 2.45) is 17.8 Å². The third-order valence-corrected chi connectivity index (χ3v) is 16.7. The zero-order valence-corrected chi connectivity index (χ0v) is 34.9. The van der Waals surface area contributed by atoms with Crippen LogP contribution < -0.4 is 15.7 Å². The molecule has 10 heteroatoms. The van der Waals surface area contributed by atoms with E-state index >= 15 is 0 Å². The van der Waals surface area contributed by atoms with Gasteiger partial charge in [0.05, 0.1) is 32.8 Å². The molecule has 1 saturated carbocycles. The van der Waals surface area contributed by atoms with Crippen LogP contribution in [0, 0.1) is 17.8 Å². The predicted octanol–water partition coefficient (Wildman–Crippen LogP) is 8.49. The van der Waals surface area contributed by atoms with Crippen molar-refractivity contribution in [3.05, 3.63) is 181 Å². The standard InChI is InChI=1S/C49H51N5O4Si/c1-49(2,3)59(39-25-15-7-16-26-39,40-27-17-8-18-28-40)58-33-43-41(31-56-29-36-19-9-4-10-20-36)42(32-57-30-37-21-11-5-12-22-37)45(43)54-35-52-44-46(50-34-51-47(44)54)53-48(55)38-23-13-6-14-24-38/h4-28,34-35,41-43,45H,29-33H2,1-3H3,(H,50,51,53,55)/t41-,42-,43+,45+/m1/s1. The van der Waals surface area contributed by atoms with Gasteiger partial charge in [-0.1, -0.05) is 160 Å². The van der Waals surface area contributed by atoms with E-state index in [1.165, 1.54) is 16.7 Å². The summed E-state index contributed by atoms with van der Waals surface area (Å²) in [4.78, 5) is 27.4. The molecule has 2 heterocycles. The van der Waals surface area contributed by atoms with Crippen molar-refractivity contribution < 1.29 is 18.7 Å². The van der Waals surface area contributed by atoms with Gasteiger partial charge in [0.15, 0.2) is 17.0 Å². The van der Waals surface area contributed by atoms with Crippen molar-refractivity contribution in [2.75, 3.05) is 25.1 Å². The summed E-state index contributed by atoms with van der Waals surface area (Å²) in [6.07, 6.45) is 3.33. The topological polar surface area (TPSA) is 100 Å². The van der Waals surface area contributed by atoms with Gasteiger partial charge in [-0.15, -0.1) is 0 Å². The van der Waals surface area contributed by atoms with Gasteiger partial charge in [-0.3, -0.25) is 4.79 Å². The summed E-state index contributed by atoms with van der Waals surface area (Å²) >= 11 is 0. The first-order chi connectivity index (χ1) is 28.8. The molecule has 5 aromatic carbocycles. The fourth-order valence-corrected chi connectivity index (χ4v) is 13.4. The summed E-state index contributed by atoms with van der Waals surface area (Å²) in [5.41, 5.74) is 3.94. The highest BCUT2D eigenvalue weighted by atomic mass is 28.4. The number of fused-ring (bicyclic) bond motifs is 1. The number of imidazole rings is 1. The van der Waals surface area contributed by atoms with E-state index < -0.39 is 8.32 Å². The average Bonchev–Trinajstić information content (AvgIpc) is 3.69. The molecule has 1 N–H and O–H groups in total. The van der Waals surface area contributed by atoms with Gasteiger partial charge >= 0.3 is 0 Å². The van der Waals surface area contributed by atoms with Crippen LogP contribution in [0.4, 0.5) is 5.82 Å². The summed E-state index contributed by atoms with van der Waals surface area (Å²) in [6, 6.07) is 51.1. The highest BCUT2D eigenvalue weighted by molar-refractivity contribution is 6.99. The second kappa shape index (κ2) is 18.0. The minimum atomic E-state index is -2.90. The number of hydrogen-bond donors (Lipinski definition) is 1. The second-order valence-corrected chi connectivity index (χ2v) is 20.6. The summed E-state index contributed by atoms with van der Waals surface area (Å²) in [6.45, 7) is 9.43. The fraction of sp³-hybridized carbons (Fsp3) is 0.265. The molecular weight excluding hydrogens is 751 g/mol. The molecule has 0 radical (unpaired) electrons. The first-order valence-corrected chi connectivity index (χ1v) is 22.3. The largest absolute Gasteiger partial charge is 0.407 e. The lowest BCUT2D eigenvalue weighted by Crippen LogP contribution is -2.67. The Bertz CT molecular complexity index is 2370. The Morgan fingerprint density at radius 2 is 1.12 bits per heavy atom. The van der Waals surface area contributed by atoms with Gasteiger partial charge in [0.1, 0.15) is 6.33 Å². The number of nitrogens with one attached hydrogen (secondary N) is 1. The molecular formula is C49H51N5O4Si. The van der Waals surface area contributed by atoms with Crippen LogP contribution in [0.1, 0.15) is 48.3 Å². The van der Waals surface area contributed by atoms with Gasteiger partial charge < -0.3 is 23.8 Å². The molecule has 59 heavy (non-hydrogen) atoms. The molecule has 0 unspecified atom stereocenters. The number of rotatable bonds is 16. The Labute approximate surface area is 347 Å². The maximum absolute atomic E-state index is 13.3. The maximum atomic E-state index is 13.3. The van der Waals surface area contributed by atoms with E-state index in [-0.39, 0.29) is 34.7 Å². The smallest absolute Gasteiger partial charge is 0.261 e. The molecule has 8 rings (SSSR count). The average molecular weight is 802 g/mol. The van der Waals surface area contributed by atoms with E-state index in [0.717, 1.165) is 11.1 Å². The van der Waals surface area contributed by atoms with Gasteiger partial charge in [0.25, 0.3) is 14.2 Å². The van der Waals surface area contributed by atoms with E-state index in [2.05, 4.69) is 121 Å². The van der Waals surface area contributed by atoms with Crippen LogP contribution in [-0.4, -0.2) is 53.6 Å². The summed E-state index contributed by atoms with van der Waals surface area (Å²) < 4.78 is 23.0. The summed E-state index contributed by atoms with van der Waals surface area (Å²) in [7, 11) is -2.90. The lowest BCUT2D eigenvalue weighted by atomic mass is 9.61. The number of nitrogens with zero attached hydrogens (tertiary/aromatic N) is 4. The third-order valence-electron chi connectivity index (χ3n) is 11.7. The van der Waals surface area contributed by atoms with Crippen molar-refractivity contribution in [2.45, 2.75) is 45.1 Å². The quantitative estimate of drug-likeness (QED) is 0.0979. The number of benzene rings is 5. The molecule has 1 aliphatic carbocycles. The second-order valence-electron chi connectivity index (χ2n) is 16.3. The first-order valence-electron chi connectivity index (χ1n) is 20.4. The van der Waals surface area contributed by atoms with Gasteiger partial charge in [0, 0.05) is 30.0 Å². The van der Waals surface area contributed by atoms with Gasteiger partial charge in [-0.05, 0) is 44.6 Å². The lowest BCUT2D eigenvalue weighted by Gasteiger charge is -2.54. The molecule has 0 spiro atoms. The van der Waals surface area contributed by atoms with Gasteiger partial charge in [-0.25, -0.2) is 15.0 Å². The Morgan fingerprint density at radius 3 is 1.66 bits per heavy atom. The van der Waals surface area contributed by atoms with E-state index in [0.29, 0.717) is 55.6 Å². The first kappa shape index (κ1) is 40.0. The molecule has 7 aromatic rings. The third kappa shape index (κ3) is 8.53. The highest BCUT2D eigenvalue weighted by Crippen LogP contribution is 2.52. The Balaban J connectivity index is 1.17. The van der Waals surface area contributed by atoms with Crippen LogP contribution >= 0.6 is 0 Å². The minimum Gasteiger partial charge on any atom is -0.407 e. The maximum Gasteiger partial charge on any atom is 0.261 e. The molecule has 1 aliphatic rings. The lowest BCUT2D eigenvalue weighted by molar-refractivity contribution is -0.116. The van der Waals surface area contributed by atoms with Crippen molar-refractivity contribution >= 4 is 41.6 Å². The van der Waals surface area contributed by atoms with Gasteiger partial charge in [-0.2, -0.15) is 0 Å². The molecule has 2 aromatic heterocycles. The molecule has 1 amide bonds. The van der Waals surface area contributed by atoms with E-state index in [9.17, 15) is 4.79 Å². The number of carbonyl (C=O) groups is 1. The Morgan fingerprint density at radius 1 is 0.627 bits per heavy atom. The van der Waals surface area contributed by atoms with Crippen molar-refractivity contribution in [3.63, 3.8) is 0 Å². The fourth-order valence-electron chi connectivity index (χ4n) is 8.79. The van der Waals surface area contributed by atoms with Crippen LogP contribution in [-0.2, 0) is 27.1 Å². The SMILES string of the molecule is CC(C)(C)[Si](OC[C@H]1[C@H](COCc2ccccc2)[C@@H](COCc2ccccc2)[C@@H]1n1cnc2c(NC(=O)c3ccccc3)ncnc21)(c1ccccc1)c1ccccc1. The minimum absolute atomic E-state index is 0.00692. The Hall–Kier alpha value is -5.78. The van der Waals surface area contributed by atoms with Gasteiger partial charge in [0.2, 0.25) is 0 Å². The van der Waals surface area contributed by atoms with Crippen LogP contribution in [0.5, 0.6) is 0 Å². The van der Waals surface area contributed by atoms with Crippen LogP contribution in [0.2, 0.25) is 5.04 Å². The molecule has 0 saturated heterocycles. The number of ether oxygens (including phenoxy) is 2. The number of carbonyl (C=O) groups excluding carboxylic acids is 1. The van der Waals surface area contributed by atoms with E-state index in [4.69, 9.17) is 23.9 Å². The monoisotopic (exact) mass is 801 g/mol.